The van der Waals surface area contributed by atoms with Crippen LogP contribution in [0.15, 0.2) is 18.2 Å². The first-order valence-electron chi connectivity index (χ1n) is 6.39. The number of hydrogen-bond acceptors (Lipinski definition) is 2. The van der Waals surface area contributed by atoms with Crippen LogP contribution in [0.2, 0.25) is 0 Å². The van der Waals surface area contributed by atoms with Gasteiger partial charge < -0.3 is 10.5 Å². The molecule has 0 aliphatic heterocycles. The minimum atomic E-state index is -0.344. The highest BCUT2D eigenvalue weighted by Crippen LogP contribution is 2.18. The second kappa shape index (κ2) is 8.54. The lowest BCUT2D eigenvalue weighted by molar-refractivity contribution is 0.290. The Bertz CT molecular complexity index is 420. The third-order valence-electron chi connectivity index (χ3n) is 2.52. The average molecular weight is 249 g/mol. The van der Waals surface area contributed by atoms with E-state index in [4.69, 9.17) is 10.5 Å². The Labute approximate surface area is 108 Å². The summed E-state index contributed by atoms with van der Waals surface area (Å²) in [5, 5.41) is 0. The van der Waals surface area contributed by atoms with Crippen molar-refractivity contribution >= 4 is 0 Å². The number of rotatable bonds is 6. The maximum Gasteiger partial charge on any atom is 0.165 e. The van der Waals surface area contributed by atoms with Gasteiger partial charge in [-0.05, 0) is 24.6 Å². The van der Waals surface area contributed by atoms with Gasteiger partial charge in [0.2, 0.25) is 0 Å². The van der Waals surface area contributed by atoms with Crippen LogP contribution in [-0.2, 0) is 0 Å². The molecule has 0 bridgehead atoms. The summed E-state index contributed by atoms with van der Waals surface area (Å²) in [7, 11) is 0. The van der Waals surface area contributed by atoms with Crippen molar-refractivity contribution < 1.29 is 9.13 Å². The van der Waals surface area contributed by atoms with E-state index >= 15 is 0 Å². The molecule has 0 unspecified atom stereocenters. The van der Waals surface area contributed by atoms with Crippen molar-refractivity contribution in [3.8, 4) is 17.6 Å². The fourth-order valence-electron chi connectivity index (χ4n) is 1.56. The smallest absolute Gasteiger partial charge is 0.165 e. The normalized spacial score (nSPS) is 9.72. The number of ether oxygens (including phenoxy) is 1. The summed E-state index contributed by atoms with van der Waals surface area (Å²) in [5.41, 5.74) is 6.02. The van der Waals surface area contributed by atoms with Gasteiger partial charge in [-0.2, -0.15) is 0 Å². The summed E-state index contributed by atoms with van der Waals surface area (Å²) in [4.78, 5) is 0. The number of halogens is 1. The van der Waals surface area contributed by atoms with Gasteiger partial charge in [0, 0.05) is 5.56 Å². The van der Waals surface area contributed by atoms with Crippen LogP contribution in [0.5, 0.6) is 5.75 Å². The second-order valence-corrected chi connectivity index (χ2v) is 4.06. The quantitative estimate of drug-likeness (QED) is 0.621. The standard InChI is InChI=1S/C15H20FNO/c1-2-3-4-5-11-18-15-12-13(7-6-10-17)8-9-14(15)16/h8-9,12H,2-5,10-11,17H2,1H3. The molecule has 3 heteroatoms. The van der Waals surface area contributed by atoms with Gasteiger partial charge >= 0.3 is 0 Å². The molecule has 1 rings (SSSR count). The van der Waals surface area contributed by atoms with Gasteiger partial charge in [-0.25, -0.2) is 4.39 Å². The predicted molar refractivity (Wildman–Crippen MR) is 72.0 cm³/mol. The van der Waals surface area contributed by atoms with Crippen molar-refractivity contribution in [1.82, 2.24) is 0 Å². The van der Waals surface area contributed by atoms with Gasteiger partial charge in [0.15, 0.2) is 11.6 Å². The zero-order valence-electron chi connectivity index (χ0n) is 10.8. The van der Waals surface area contributed by atoms with Gasteiger partial charge in [0.05, 0.1) is 13.2 Å². The molecule has 0 saturated carbocycles. The summed E-state index contributed by atoms with van der Waals surface area (Å²) in [6, 6.07) is 4.63. The maximum absolute atomic E-state index is 13.5. The van der Waals surface area contributed by atoms with Crippen molar-refractivity contribution in [3.63, 3.8) is 0 Å². The largest absolute Gasteiger partial charge is 0.490 e. The summed E-state index contributed by atoms with van der Waals surface area (Å²) < 4.78 is 18.9. The lowest BCUT2D eigenvalue weighted by Crippen LogP contribution is -1.99. The summed E-state index contributed by atoms with van der Waals surface area (Å²) in [6.45, 7) is 3.00. The van der Waals surface area contributed by atoms with Crippen molar-refractivity contribution in [3.05, 3.63) is 29.6 Å². The predicted octanol–water partition coefficient (Wildman–Crippen LogP) is 3.10. The van der Waals surface area contributed by atoms with Crippen molar-refractivity contribution in [2.45, 2.75) is 32.6 Å². The van der Waals surface area contributed by atoms with E-state index in [1.54, 1.807) is 12.1 Å². The third-order valence-corrected chi connectivity index (χ3v) is 2.52. The molecule has 0 heterocycles. The van der Waals surface area contributed by atoms with Gasteiger partial charge in [-0.3, -0.25) is 0 Å². The van der Waals surface area contributed by atoms with Crippen LogP contribution in [0, 0.1) is 17.7 Å². The molecule has 0 aliphatic carbocycles. The molecule has 0 aromatic heterocycles. The molecule has 1 aromatic carbocycles. The number of nitrogens with two attached hydrogens (primary N) is 1. The molecule has 0 atom stereocenters. The van der Waals surface area contributed by atoms with Gasteiger partial charge in [0.25, 0.3) is 0 Å². The molecule has 0 amide bonds. The molecule has 0 aliphatic rings. The first-order valence-corrected chi connectivity index (χ1v) is 6.39. The Balaban J connectivity index is 2.53. The van der Waals surface area contributed by atoms with Crippen LogP contribution in [-0.4, -0.2) is 13.2 Å². The minimum Gasteiger partial charge on any atom is -0.490 e. The molecule has 18 heavy (non-hydrogen) atoms. The van der Waals surface area contributed by atoms with Crippen LogP contribution >= 0.6 is 0 Å². The highest BCUT2D eigenvalue weighted by Gasteiger charge is 2.03. The molecule has 2 N–H and O–H groups in total. The molecule has 0 saturated heterocycles. The Morgan fingerprint density at radius 1 is 1.28 bits per heavy atom. The van der Waals surface area contributed by atoms with E-state index < -0.39 is 0 Å². The van der Waals surface area contributed by atoms with E-state index in [0.717, 1.165) is 18.4 Å². The van der Waals surface area contributed by atoms with E-state index in [1.165, 1.54) is 18.9 Å². The van der Waals surface area contributed by atoms with Crippen LogP contribution in [0.4, 0.5) is 4.39 Å². The monoisotopic (exact) mass is 249 g/mol. The van der Waals surface area contributed by atoms with Crippen LogP contribution in [0.1, 0.15) is 38.2 Å². The molecule has 1 aromatic rings. The Morgan fingerprint density at radius 3 is 2.83 bits per heavy atom. The highest BCUT2D eigenvalue weighted by molar-refractivity contribution is 5.40. The van der Waals surface area contributed by atoms with Crippen molar-refractivity contribution in [2.75, 3.05) is 13.2 Å². The van der Waals surface area contributed by atoms with E-state index in [9.17, 15) is 4.39 Å². The molecule has 98 valence electrons. The van der Waals surface area contributed by atoms with Crippen LogP contribution < -0.4 is 10.5 Å². The summed E-state index contributed by atoms with van der Waals surface area (Å²) in [5.74, 6) is 5.53. The molecular weight excluding hydrogens is 229 g/mol. The van der Waals surface area contributed by atoms with Gasteiger partial charge in [0.1, 0.15) is 0 Å². The first-order chi connectivity index (χ1) is 8.77. The minimum absolute atomic E-state index is 0.273. The fraction of sp³-hybridized carbons (Fsp3) is 0.467. The molecule has 0 radical (unpaired) electrons. The number of unbranched alkanes of at least 4 members (excludes halogenated alkanes) is 3. The zero-order valence-corrected chi connectivity index (χ0v) is 10.8. The summed E-state index contributed by atoms with van der Waals surface area (Å²) in [6.07, 6.45) is 4.43. The average Bonchev–Trinajstić information content (AvgIpc) is 2.39. The van der Waals surface area contributed by atoms with Crippen LogP contribution in [0.25, 0.3) is 0 Å². The number of benzene rings is 1. The van der Waals surface area contributed by atoms with E-state index in [1.807, 2.05) is 0 Å². The van der Waals surface area contributed by atoms with E-state index in [2.05, 4.69) is 18.8 Å². The molecule has 0 spiro atoms. The molecule has 0 fully saturated rings. The topological polar surface area (TPSA) is 35.2 Å². The first kappa shape index (κ1) is 14.5. The van der Waals surface area contributed by atoms with Crippen molar-refractivity contribution in [2.24, 2.45) is 5.73 Å². The maximum atomic E-state index is 13.5. The SMILES string of the molecule is CCCCCCOc1cc(C#CCN)ccc1F. The number of hydrogen-bond donors (Lipinski definition) is 1. The zero-order chi connectivity index (χ0) is 13.2. The van der Waals surface area contributed by atoms with Crippen LogP contribution in [0.3, 0.4) is 0 Å². The fourth-order valence-corrected chi connectivity index (χ4v) is 1.56. The molecule has 2 nitrogen and oxygen atoms in total. The Kier molecular flexibility index (Phi) is 6.90. The third kappa shape index (κ3) is 5.20. The Hall–Kier alpha value is -1.53. The Morgan fingerprint density at radius 2 is 2.11 bits per heavy atom. The molecular formula is C15H20FNO. The van der Waals surface area contributed by atoms with Gasteiger partial charge in [-0.1, -0.05) is 38.0 Å². The van der Waals surface area contributed by atoms with E-state index in [0.29, 0.717) is 13.2 Å². The highest BCUT2D eigenvalue weighted by atomic mass is 19.1. The van der Waals surface area contributed by atoms with Gasteiger partial charge in [-0.15, -0.1) is 0 Å². The van der Waals surface area contributed by atoms with E-state index in [-0.39, 0.29) is 11.6 Å². The lowest BCUT2D eigenvalue weighted by Gasteiger charge is -2.07. The van der Waals surface area contributed by atoms with Crippen molar-refractivity contribution in [1.29, 1.82) is 0 Å². The lowest BCUT2D eigenvalue weighted by atomic mass is 10.2. The second-order valence-electron chi connectivity index (χ2n) is 4.06. The summed E-state index contributed by atoms with van der Waals surface area (Å²) >= 11 is 0.